The van der Waals surface area contributed by atoms with Gasteiger partial charge in [-0.25, -0.2) is 0 Å². The molecule has 0 amide bonds. The molecular formula is C12H12BrNO. The summed E-state index contributed by atoms with van der Waals surface area (Å²) in [7, 11) is 0. The van der Waals surface area contributed by atoms with E-state index in [1.54, 1.807) is 0 Å². The fourth-order valence-corrected chi connectivity index (χ4v) is 2.56. The van der Waals surface area contributed by atoms with Crippen LogP contribution in [0.4, 0.5) is 0 Å². The van der Waals surface area contributed by atoms with Crippen LogP contribution in [0.2, 0.25) is 0 Å². The van der Waals surface area contributed by atoms with Gasteiger partial charge in [0.2, 0.25) is 0 Å². The Hall–Kier alpha value is -0.800. The van der Waals surface area contributed by atoms with E-state index in [2.05, 4.69) is 33.0 Å². The topological polar surface area (TPSA) is 36.0 Å². The lowest BCUT2D eigenvalue weighted by Gasteiger charge is -2.09. The minimum absolute atomic E-state index is 0.0407. The van der Waals surface area contributed by atoms with Crippen LogP contribution >= 0.6 is 15.9 Å². The van der Waals surface area contributed by atoms with Crippen molar-refractivity contribution < 1.29 is 5.11 Å². The molecule has 1 aliphatic carbocycles. The van der Waals surface area contributed by atoms with Gasteiger partial charge in [0.25, 0.3) is 0 Å². The van der Waals surface area contributed by atoms with Gasteiger partial charge in [0.05, 0.1) is 6.61 Å². The van der Waals surface area contributed by atoms with Crippen LogP contribution in [-0.2, 0) is 5.41 Å². The molecule has 0 atom stereocenters. The number of rotatable bonds is 2. The zero-order valence-corrected chi connectivity index (χ0v) is 9.84. The van der Waals surface area contributed by atoms with E-state index >= 15 is 0 Å². The first-order chi connectivity index (χ1) is 7.25. The summed E-state index contributed by atoms with van der Waals surface area (Å²) in [6.45, 7) is 0.256. The van der Waals surface area contributed by atoms with Crippen molar-refractivity contribution in [2.24, 2.45) is 0 Å². The summed E-state index contributed by atoms with van der Waals surface area (Å²) in [4.78, 5) is 3.26. The maximum atomic E-state index is 9.43. The normalized spacial score (nSPS) is 18.3. The Labute approximate surface area is 96.4 Å². The van der Waals surface area contributed by atoms with Gasteiger partial charge < -0.3 is 10.1 Å². The van der Waals surface area contributed by atoms with Gasteiger partial charge in [-0.15, -0.1) is 0 Å². The van der Waals surface area contributed by atoms with Gasteiger partial charge in [-0.1, -0.05) is 15.9 Å². The number of hydrogen-bond acceptors (Lipinski definition) is 1. The Balaban J connectivity index is 2.23. The van der Waals surface area contributed by atoms with E-state index in [9.17, 15) is 5.11 Å². The Morgan fingerprint density at radius 3 is 2.87 bits per heavy atom. The third-order valence-corrected chi connectivity index (χ3v) is 3.86. The molecule has 2 aromatic rings. The molecular weight excluding hydrogens is 254 g/mol. The molecule has 1 fully saturated rings. The van der Waals surface area contributed by atoms with Gasteiger partial charge in [0.1, 0.15) is 0 Å². The first-order valence-corrected chi connectivity index (χ1v) is 5.92. The maximum absolute atomic E-state index is 9.43. The second-order valence-corrected chi connectivity index (χ2v) is 5.25. The van der Waals surface area contributed by atoms with Crippen LogP contribution in [-0.4, -0.2) is 16.7 Å². The quantitative estimate of drug-likeness (QED) is 0.861. The predicted molar refractivity (Wildman–Crippen MR) is 64.0 cm³/mol. The average molecular weight is 266 g/mol. The summed E-state index contributed by atoms with van der Waals surface area (Å²) < 4.78 is 1.09. The molecule has 1 aliphatic rings. The first kappa shape index (κ1) is 9.43. The summed E-state index contributed by atoms with van der Waals surface area (Å²) in [6.07, 6.45) is 4.24. The Bertz CT molecular complexity index is 513. The molecule has 0 unspecified atom stereocenters. The van der Waals surface area contributed by atoms with Crippen LogP contribution in [0.15, 0.2) is 28.9 Å². The van der Waals surface area contributed by atoms with Crippen LogP contribution in [0.1, 0.15) is 18.4 Å². The van der Waals surface area contributed by atoms with Crippen molar-refractivity contribution in [2.45, 2.75) is 18.3 Å². The highest BCUT2D eigenvalue weighted by atomic mass is 79.9. The van der Waals surface area contributed by atoms with E-state index in [-0.39, 0.29) is 12.0 Å². The van der Waals surface area contributed by atoms with Gasteiger partial charge >= 0.3 is 0 Å². The maximum Gasteiger partial charge on any atom is 0.0528 e. The number of aliphatic hydroxyl groups is 1. The molecule has 1 aromatic heterocycles. The third-order valence-electron chi connectivity index (χ3n) is 3.37. The molecule has 1 saturated carbocycles. The SMILES string of the molecule is OCC1(c2c[nH]c3ccc(Br)cc23)CC1. The van der Waals surface area contributed by atoms with E-state index in [0.29, 0.717) is 0 Å². The number of benzene rings is 1. The molecule has 0 saturated heterocycles. The number of halogens is 1. The smallest absolute Gasteiger partial charge is 0.0528 e. The molecule has 3 heteroatoms. The molecule has 0 radical (unpaired) electrons. The van der Waals surface area contributed by atoms with Gasteiger partial charge in [-0.05, 0) is 36.6 Å². The molecule has 2 N–H and O–H groups in total. The standard InChI is InChI=1S/C12H12BrNO/c13-8-1-2-11-9(5-8)10(6-14-11)12(7-15)3-4-12/h1-2,5-6,14-15H,3-4,7H2. The summed E-state index contributed by atoms with van der Waals surface area (Å²) in [5.41, 5.74) is 2.45. The predicted octanol–water partition coefficient (Wildman–Crippen LogP) is 2.95. The highest BCUT2D eigenvalue weighted by molar-refractivity contribution is 9.10. The molecule has 0 bridgehead atoms. The van der Waals surface area contributed by atoms with Crippen LogP contribution in [0.5, 0.6) is 0 Å². The van der Waals surface area contributed by atoms with E-state index in [0.717, 1.165) is 22.8 Å². The Morgan fingerprint density at radius 1 is 1.40 bits per heavy atom. The summed E-state index contributed by atoms with van der Waals surface area (Å²) >= 11 is 3.48. The van der Waals surface area contributed by atoms with E-state index in [4.69, 9.17) is 0 Å². The van der Waals surface area contributed by atoms with Crippen molar-refractivity contribution in [1.82, 2.24) is 4.98 Å². The van der Waals surface area contributed by atoms with Gasteiger partial charge in [-0.2, -0.15) is 0 Å². The number of fused-ring (bicyclic) bond motifs is 1. The van der Waals surface area contributed by atoms with Crippen LogP contribution in [0.25, 0.3) is 10.9 Å². The number of aliphatic hydroxyl groups excluding tert-OH is 1. The zero-order chi connectivity index (χ0) is 10.5. The average Bonchev–Trinajstić information content (AvgIpc) is 2.93. The highest BCUT2D eigenvalue weighted by Gasteiger charge is 2.45. The highest BCUT2D eigenvalue weighted by Crippen LogP contribution is 2.50. The number of aromatic nitrogens is 1. The molecule has 0 aliphatic heterocycles. The molecule has 0 spiro atoms. The fraction of sp³-hybridized carbons (Fsp3) is 0.333. The third kappa shape index (κ3) is 1.34. The molecule has 3 rings (SSSR count). The first-order valence-electron chi connectivity index (χ1n) is 5.13. The molecule has 15 heavy (non-hydrogen) atoms. The van der Waals surface area contributed by atoms with E-state index in [1.807, 2.05) is 12.3 Å². The zero-order valence-electron chi connectivity index (χ0n) is 8.26. The van der Waals surface area contributed by atoms with Gasteiger partial charge in [-0.3, -0.25) is 0 Å². The van der Waals surface area contributed by atoms with Crippen molar-refractivity contribution >= 4 is 26.8 Å². The second-order valence-electron chi connectivity index (χ2n) is 4.33. The summed E-state index contributed by atoms with van der Waals surface area (Å²) in [6, 6.07) is 6.22. The van der Waals surface area contributed by atoms with E-state index < -0.39 is 0 Å². The van der Waals surface area contributed by atoms with Gasteiger partial charge in [0.15, 0.2) is 0 Å². The minimum atomic E-state index is 0.0407. The van der Waals surface area contributed by atoms with Crippen LogP contribution in [0.3, 0.4) is 0 Å². The van der Waals surface area contributed by atoms with Crippen molar-refractivity contribution in [3.05, 3.63) is 34.4 Å². The molecule has 2 nitrogen and oxygen atoms in total. The van der Waals surface area contributed by atoms with Crippen LogP contribution < -0.4 is 0 Å². The number of aromatic amines is 1. The lowest BCUT2D eigenvalue weighted by Crippen LogP contribution is -2.10. The lowest BCUT2D eigenvalue weighted by molar-refractivity contribution is 0.256. The monoisotopic (exact) mass is 265 g/mol. The molecule has 1 heterocycles. The van der Waals surface area contributed by atoms with Crippen molar-refractivity contribution in [3.63, 3.8) is 0 Å². The largest absolute Gasteiger partial charge is 0.395 e. The second kappa shape index (κ2) is 3.09. The number of hydrogen-bond donors (Lipinski definition) is 2. The van der Waals surface area contributed by atoms with Gasteiger partial charge in [0, 0.05) is 27.0 Å². The fourth-order valence-electron chi connectivity index (χ4n) is 2.20. The minimum Gasteiger partial charge on any atom is -0.395 e. The van der Waals surface area contributed by atoms with Crippen molar-refractivity contribution in [2.75, 3.05) is 6.61 Å². The Kier molecular flexibility index (Phi) is 1.94. The number of nitrogens with one attached hydrogen (secondary N) is 1. The lowest BCUT2D eigenvalue weighted by atomic mass is 9.97. The van der Waals surface area contributed by atoms with Crippen molar-refractivity contribution in [1.29, 1.82) is 0 Å². The van der Waals surface area contributed by atoms with Crippen molar-refractivity contribution in [3.8, 4) is 0 Å². The summed E-state index contributed by atoms with van der Waals surface area (Å²) in [5.74, 6) is 0. The molecule has 78 valence electrons. The number of H-pyrrole nitrogens is 1. The summed E-state index contributed by atoms with van der Waals surface area (Å²) in [5, 5.41) is 10.7. The van der Waals surface area contributed by atoms with E-state index in [1.165, 1.54) is 10.9 Å². The Morgan fingerprint density at radius 2 is 2.20 bits per heavy atom. The molecule has 1 aromatic carbocycles. The van der Waals surface area contributed by atoms with Crippen LogP contribution in [0, 0.1) is 0 Å².